The Morgan fingerprint density at radius 1 is 0.765 bits per heavy atom. The van der Waals surface area contributed by atoms with Gasteiger partial charge < -0.3 is 19.1 Å². The smallest absolute Gasteiger partial charge is 0.331 e. The summed E-state index contributed by atoms with van der Waals surface area (Å²) in [5.74, 6) is -1.80. The molecule has 0 spiro atoms. The van der Waals surface area contributed by atoms with Crippen LogP contribution in [0.5, 0.6) is 0 Å². The van der Waals surface area contributed by atoms with E-state index >= 15 is 0 Å². The zero-order valence-electron chi connectivity index (χ0n) is 21.7. The Kier molecular flexibility index (Phi) is 19.3. The summed E-state index contributed by atoms with van der Waals surface area (Å²) in [5, 5.41) is 10.9. The first-order valence-corrected chi connectivity index (χ1v) is 12.5. The van der Waals surface area contributed by atoms with Gasteiger partial charge in [-0.1, -0.05) is 112 Å². The van der Waals surface area contributed by atoms with E-state index in [1.807, 2.05) is 57.6 Å². The van der Waals surface area contributed by atoms with Crippen LogP contribution < -0.4 is 5.11 Å². The number of carbonyl (C=O) groups is 2. The van der Waals surface area contributed by atoms with Crippen molar-refractivity contribution in [3.8, 4) is 0 Å². The highest BCUT2D eigenvalue weighted by molar-refractivity contribution is 5.82. The Hall–Kier alpha value is -2.66. The highest BCUT2D eigenvalue weighted by Gasteiger charge is 2.21. The summed E-state index contributed by atoms with van der Waals surface area (Å²) in [5.41, 5.74) is 0. The standard InChI is InChI=1S/C29H45NO4/c1-5-6-7-8-9-10-11-12-13-14-15-16-17-18-19-20-21-22-23-24-29(33)34-27(25-28(31)32)26-30(2,3)4/h13-24,27H,5-12,25-26H2,1-4H3. The van der Waals surface area contributed by atoms with Crippen molar-refractivity contribution in [2.24, 2.45) is 0 Å². The fraction of sp³-hybridized carbons (Fsp3) is 0.517. The monoisotopic (exact) mass is 471 g/mol. The number of aliphatic carboxylic acids is 1. The van der Waals surface area contributed by atoms with Crippen molar-refractivity contribution in [1.82, 2.24) is 0 Å². The zero-order valence-corrected chi connectivity index (χ0v) is 21.7. The number of carbonyl (C=O) groups excluding carboxylic acids is 2. The highest BCUT2D eigenvalue weighted by Crippen LogP contribution is 2.08. The van der Waals surface area contributed by atoms with E-state index in [-0.39, 0.29) is 6.42 Å². The molecular weight excluding hydrogens is 426 g/mol. The molecule has 5 heteroatoms. The first kappa shape index (κ1) is 31.3. The van der Waals surface area contributed by atoms with E-state index in [9.17, 15) is 14.7 Å². The van der Waals surface area contributed by atoms with E-state index in [1.165, 1.54) is 51.0 Å². The summed E-state index contributed by atoms with van der Waals surface area (Å²) in [7, 11) is 5.71. The van der Waals surface area contributed by atoms with E-state index < -0.39 is 18.0 Å². The molecule has 0 N–H and O–H groups in total. The third-order valence-electron chi connectivity index (χ3n) is 4.77. The summed E-state index contributed by atoms with van der Waals surface area (Å²) in [6.45, 7) is 2.64. The number of rotatable bonds is 19. The van der Waals surface area contributed by atoms with Gasteiger partial charge in [0, 0.05) is 18.5 Å². The van der Waals surface area contributed by atoms with Crippen LogP contribution in [-0.2, 0) is 14.3 Å². The van der Waals surface area contributed by atoms with Crippen molar-refractivity contribution in [2.75, 3.05) is 27.7 Å². The SMILES string of the molecule is CCCCCCCCCC=CC=CC=CC=CC=CC=CC(=O)OC(CC(=O)[O-])C[N+](C)(C)C. The lowest BCUT2D eigenvalue weighted by molar-refractivity contribution is -0.873. The largest absolute Gasteiger partial charge is 0.550 e. The fourth-order valence-electron chi connectivity index (χ4n) is 3.19. The summed E-state index contributed by atoms with van der Waals surface area (Å²) < 4.78 is 5.72. The van der Waals surface area contributed by atoms with Crippen molar-refractivity contribution in [3.05, 3.63) is 72.9 Å². The van der Waals surface area contributed by atoms with E-state index in [0.29, 0.717) is 11.0 Å². The summed E-state index contributed by atoms with van der Waals surface area (Å²) >= 11 is 0. The van der Waals surface area contributed by atoms with Gasteiger partial charge in [-0.3, -0.25) is 0 Å². The van der Waals surface area contributed by atoms with E-state index in [0.717, 1.165) is 6.42 Å². The molecule has 0 aliphatic rings. The van der Waals surface area contributed by atoms with Crippen molar-refractivity contribution < 1.29 is 23.9 Å². The molecule has 0 radical (unpaired) electrons. The molecule has 0 heterocycles. The summed E-state index contributed by atoms with van der Waals surface area (Å²) in [6.07, 6.45) is 31.8. The van der Waals surface area contributed by atoms with Gasteiger partial charge >= 0.3 is 5.97 Å². The third-order valence-corrected chi connectivity index (χ3v) is 4.77. The van der Waals surface area contributed by atoms with Crippen molar-refractivity contribution in [1.29, 1.82) is 0 Å². The number of unbranched alkanes of at least 4 members (excludes halogenated alkanes) is 7. The minimum absolute atomic E-state index is 0.316. The third kappa shape index (κ3) is 24.0. The fourth-order valence-corrected chi connectivity index (χ4v) is 3.19. The minimum Gasteiger partial charge on any atom is -0.550 e. The molecule has 0 fully saturated rings. The van der Waals surface area contributed by atoms with Crippen LogP contribution in [0.25, 0.3) is 0 Å². The molecule has 0 aliphatic heterocycles. The average molecular weight is 472 g/mol. The van der Waals surface area contributed by atoms with Crippen molar-refractivity contribution >= 4 is 11.9 Å². The Balaban J connectivity index is 4.07. The van der Waals surface area contributed by atoms with Crippen LogP contribution >= 0.6 is 0 Å². The van der Waals surface area contributed by atoms with Gasteiger partial charge in [0.2, 0.25) is 0 Å². The number of ether oxygens (including phenoxy) is 1. The van der Waals surface area contributed by atoms with Gasteiger partial charge in [-0.05, 0) is 12.8 Å². The summed E-state index contributed by atoms with van der Waals surface area (Å²) in [4.78, 5) is 22.8. The quantitative estimate of drug-likeness (QED) is 0.0851. The first-order valence-electron chi connectivity index (χ1n) is 12.5. The van der Waals surface area contributed by atoms with Gasteiger partial charge in [0.25, 0.3) is 0 Å². The number of quaternary nitrogens is 1. The molecule has 0 aromatic heterocycles. The van der Waals surface area contributed by atoms with Gasteiger partial charge in [0.1, 0.15) is 6.54 Å². The van der Waals surface area contributed by atoms with Gasteiger partial charge in [-0.25, -0.2) is 4.79 Å². The van der Waals surface area contributed by atoms with Gasteiger partial charge in [-0.2, -0.15) is 0 Å². The lowest BCUT2D eigenvalue weighted by Crippen LogP contribution is -2.45. The number of hydrogen-bond acceptors (Lipinski definition) is 4. The number of carboxylic acid groups (broad SMARTS) is 1. The van der Waals surface area contributed by atoms with Gasteiger partial charge in [0.05, 0.1) is 21.1 Å². The number of allylic oxidation sites excluding steroid dienone is 11. The molecule has 1 unspecified atom stereocenters. The lowest BCUT2D eigenvalue weighted by Gasteiger charge is -2.28. The molecule has 190 valence electrons. The van der Waals surface area contributed by atoms with Crippen molar-refractivity contribution in [3.63, 3.8) is 0 Å². The predicted molar refractivity (Wildman–Crippen MR) is 140 cm³/mol. The Labute approximate surface area is 207 Å². The van der Waals surface area contributed by atoms with Crippen LogP contribution in [-0.4, -0.2) is 50.2 Å². The van der Waals surface area contributed by atoms with Crippen LogP contribution in [0.15, 0.2) is 72.9 Å². The molecule has 0 aliphatic carbocycles. The second kappa shape index (κ2) is 20.9. The minimum atomic E-state index is -1.23. The maximum Gasteiger partial charge on any atom is 0.331 e. The predicted octanol–water partition coefficient (Wildman–Crippen LogP) is 5.22. The summed E-state index contributed by atoms with van der Waals surface area (Å²) in [6, 6.07) is 0. The molecule has 5 nitrogen and oxygen atoms in total. The van der Waals surface area contributed by atoms with Gasteiger partial charge in [0.15, 0.2) is 6.10 Å². The lowest BCUT2D eigenvalue weighted by atomic mass is 10.1. The number of carboxylic acids is 1. The molecule has 0 rings (SSSR count). The normalized spacial score (nSPS) is 14.0. The molecule has 0 aromatic rings. The van der Waals surface area contributed by atoms with Crippen LogP contribution in [0.1, 0.15) is 64.7 Å². The molecule has 1 atom stereocenters. The van der Waals surface area contributed by atoms with Crippen LogP contribution in [0, 0.1) is 0 Å². The number of hydrogen-bond donors (Lipinski definition) is 0. The number of nitrogens with zero attached hydrogens (tertiary/aromatic N) is 1. The zero-order chi connectivity index (χ0) is 25.5. The topological polar surface area (TPSA) is 66.4 Å². The van der Waals surface area contributed by atoms with Crippen LogP contribution in [0.3, 0.4) is 0 Å². The number of likely N-dealkylation sites (N-methyl/N-ethyl adjacent to an activating group) is 1. The van der Waals surface area contributed by atoms with Crippen molar-refractivity contribution in [2.45, 2.75) is 70.8 Å². The first-order chi connectivity index (χ1) is 16.2. The maximum atomic E-state index is 11.9. The molecule has 0 amide bonds. The molecule has 0 saturated heterocycles. The molecule has 0 bridgehead atoms. The Morgan fingerprint density at radius 2 is 1.26 bits per heavy atom. The molecular formula is C29H45NO4. The second-order valence-corrected chi connectivity index (χ2v) is 9.34. The van der Waals surface area contributed by atoms with E-state index in [2.05, 4.69) is 19.1 Å². The van der Waals surface area contributed by atoms with Crippen LogP contribution in [0.2, 0.25) is 0 Å². The highest BCUT2D eigenvalue weighted by atomic mass is 16.5. The average Bonchev–Trinajstić information content (AvgIpc) is 2.73. The Morgan fingerprint density at radius 3 is 1.79 bits per heavy atom. The molecule has 0 aromatic carbocycles. The van der Waals surface area contributed by atoms with E-state index in [4.69, 9.17) is 4.74 Å². The van der Waals surface area contributed by atoms with Crippen LogP contribution in [0.4, 0.5) is 0 Å². The van der Waals surface area contributed by atoms with E-state index in [1.54, 1.807) is 18.2 Å². The molecule has 34 heavy (non-hydrogen) atoms. The molecule has 0 saturated carbocycles. The van der Waals surface area contributed by atoms with Gasteiger partial charge in [-0.15, -0.1) is 0 Å². The number of esters is 1. The Bertz CT molecular complexity index is 721. The maximum absolute atomic E-state index is 11.9. The second-order valence-electron chi connectivity index (χ2n) is 9.34.